The Morgan fingerprint density at radius 1 is 1.12 bits per heavy atom. The second-order valence-electron chi connectivity index (χ2n) is 1.07. The van der Waals surface area contributed by atoms with Gasteiger partial charge in [0.2, 0.25) is 0 Å². The third kappa shape index (κ3) is 1.94. The second kappa shape index (κ2) is 3.22. The Balaban J connectivity index is 0.000000490. The number of esters is 2. The van der Waals surface area contributed by atoms with Crippen LogP contribution in [0.25, 0.3) is 0 Å². The van der Waals surface area contributed by atoms with E-state index in [1.54, 1.807) is 0 Å². The molecule has 2 radical (unpaired) electrons. The van der Waals surface area contributed by atoms with Gasteiger partial charge in [0.1, 0.15) is 0 Å². The van der Waals surface area contributed by atoms with Gasteiger partial charge in [-0.25, -0.2) is 9.59 Å². The van der Waals surface area contributed by atoms with Crippen molar-refractivity contribution in [1.29, 1.82) is 0 Å². The molecule has 1 aliphatic rings. The minimum absolute atomic E-state index is 0. The first-order valence-corrected chi connectivity index (χ1v) is 1.73. The van der Waals surface area contributed by atoms with Crippen molar-refractivity contribution >= 4 is 49.7 Å². The zero-order valence-corrected chi connectivity index (χ0v) is 6.29. The average Bonchev–Trinajstić information content (AvgIpc) is 1.87. The Hall–Kier alpha value is 0.140. The minimum atomic E-state index is -0.579. The van der Waals surface area contributed by atoms with Crippen LogP contribution >= 0.6 is 0 Å². The molecule has 0 fully saturated rings. The van der Waals surface area contributed by atoms with E-state index in [2.05, 4.69) is 4.74 Å². The first-order chi connectivity index (χ1) is 3.29. The number of hydrogen-bond acceptors (Lipinski definition) is 3. The Kier molecular flexibility index (Phi) is 3.28. The van der Waals surface area contributed by atoms with Crippen molar-refractivity contribution in [2.24, 2.45) is 0 Å². The van der Waals surface area contributed by atoms with Crippen LogP contribution in [0.2, 0.25) is 0 Å². The van der Waals surface area contributed by atoms with Gasteiger partial charge in [-0.3, -0.25) is 0 Å². The molecule has 1 heterocycles. The van der Waals surface area contributed by atoms with E-state index in [-0.39, 0.29) is 37.7 Å². The van der Waals surface area contributed by atoms with Gasteiger partial charge in [0.05, 0.1) is 0 Å². The number of rotatable bonds is 0. The summed E-state index contributed by atoms with van der Waals surface area (Å²) < 4.78 is 3.97. The smallest absolute Gasteiger partial charge is 0.338 e. The number of carbonyl (C=O) groups is 2. The molecule has 0 atom stereocenters. The van der Waals surface area contributed by atoms with E-state index in [9.17, 15) is 9.59 Å². The quantitative estimate of drug-likeness (QED) is 0.251. The van der Waals surface area contributed by atoms with Crippen LogP contribution in [0.1, 0.15) is 0 Å². The normalized spacial score (nSPS) is 15.5. The summed E-state index contributed by atoms with van der Waals surface area (Å²) >= 11 is 0. The van der Waals surface area contributed by atoms with Crippen molar-refractivity contribution in [3.8, 4) is 0 Å². The summed E-state index contributed by atoms with van der Waals surface area (Å²) in [6.45, 7) is 0. The Morgan fingerprint density at radius 2 is 1.50 bits per heavy atom. The van der Waals surface area contributed by atoms with E-state index >= 15 is 0 Å². The fourth-order valence-corrected chi connectivity index (χ4v) is 0.303. The molecule has 8 heavy (non-hydrogen) atoms. The van der Waals surface area contributed by atoms with Crippen molar-refractivity contribution in [3.05, 3.63) is 12.2 Å². The van der Waals surface area contributed by atoms with Gasteiger partial charge in [-0.1, -0.05) is 0 Å². The van der Waals surface area contributed by atoms with E-state index < -0.39 is 11.9 Å². The zero-order chi connectivity index (χ0) is 5.28. The molecule has 0 amide bonds. The third-order valence-electron chi connectivity index (χ3n) is 0.557. The van der Waals surface area contributed by atoms with Gasteiger partial charge in [0, 0.05) is 49.9 Å². The molecule has 0 aliphatic carbocycles. The van der Waals surface area contributed by atoms with E-state index in [0.717, 1.165) is 12.2 Å². The van der Waals surface area contributed by atoms with Gasteiger partial charge in [-0.15, -0.1) is 0 Å². The summed E-state index contributed by atoms with van der Waals surface area (Å²) in [5.41, 5.74) is 0. The number of ether oxygens (including phenoxy) is 1. The maximum Gasteiger partial charge on any atom is 0.338 e. The number of hydrogen-bond donors (Lipinski definition) is 0. The fourth-order valence-electron chi connectivity index (χ4n) is 0.303. The molecule has 0 aromatic heterocycles. The van der Waals surface area contributed by atoms with Crippen molar-refractivity contribution < 1.29 is 14.3 Å². The monoisotopic (exact) mass is 138 g/mol. The van der Waals surface area contributed by atoms with Crippen LogP contribution in [0, 0.1) is 0 Å². The summed E-state index contributed by atoms with van der Waals surface area (Å²) in [5, 5.41) is 0. The van der Waals surface area contributed by atoms with Crippen LogP contribution in [0.15, 0.2) is 12.2 Å². The molecular weight excluding hydrogens is 136 g/mol. The Bertz CT molecular complexity index is 133. The van der Waals surface area contributed by atoms with E-state index in [0.29, 0.717) is 0 Å². The average molecular weight is 138 g/mol. The molecule has 3 nitrogen and oxygen atoms in total. The number of cyclic esters (lactones) is 2. The molecule has 0 bridgehead atoms. The molecule has 0 saturated carbocycles. The molecule has 0 saturated heterocycles. The molecule has 38 valence electrons. The van der Waals surface area contributed by atoms with Gasteiger partial charge in [0.25, 0.3) is 0 Å². The minimum Gasteiger partial charge on any atom is -0.387 e. The zero-order valence-electron chi connectivity index (χ0n) is 4.09. The summed E-state index contributed by atoms with van der Waals surface area (Å²) in [4.78, 5) is 19.8. The standard InChI is InChI=1S/C4H2O3.Ca/c5-3-1-2-4(6)7-3;/h1-2H;. The third-order valence-corrected chi connectivity index (χ3v) is 0.557. The maximum atomic E-state index is 9.92. The van der Waals surface area contributed by atoms with Crippen LogP contribution in [0.4, 0.5) is 0 Å². The Labute approximate surface area is 75.7 Å². The summed E-state index contributed by atoms with van der Waals surface area (Å²) in [6.07, 6.45) is 2.17. The van der Waals surface area contributed by atoms with Crippen molar-refractivity contribution in [2.45, 2.75) is 0 Å². The maximum absolute atomic E-state index is 9.92. The predicted octanol–water partition coefficient (Wildman–Crippen LogP) is -0.755. The van der Waals surface area contributed by atoms with E-state index in [4.69, 9.17) is 0 Å². The second-order valence-corrected chi connectivity index (χ2v) is 1.07. The molecule has 0 unspecified atom stereocenters. The van der Waals surface area contributed by atoms with E-state index in [1.165, 1.54) is 0 Å². The van der Waals surface area contributed by atoms with Crippen molar-refractivity contribution in [1.82, 2.24) is 0 Å². The topological polar surface area (TPSA) is 43.4 Å². The summed E-state index contributed by atoms with van der Waals surface area (Å²) in [5.74, 6) is -1.16. The predicted molar refractivity (Wildman–Crippen MR) is 26.0 cm³/mol. The molecule has 1 aliphatic heterocycles. The van der Waals surface area contributed by atoms with Crippen molar-refractivity contribution in [2.75, 3.05) is 0 Å². The van der Waals surface area contributed by atoms with Crippen LogP contribution < -0.4 is 0 Å². The van der Waals surface area contributed by atoms with Crippen molar-refractivity contribution in [3.63, 3.8) is 0 Å². The molecule has 0 N–H and O–H groups in total. The van der Waals surface area contributed by atoms with Crippen LogP contribution in [0.5, 0.6) is 0 Å². The molecule has 4 heteroatoms. The summed E-state index contributed by atoms with van der Waals surface area (Å²) in [7, 11) is 0. The number of carbonyl (C=O) groups excluding carboxylic acids is 2. The Morgan fingerprint density at radius 3 is 1.62 bits per heavy atom. The first kappa shape index (κ1) is 8.14. The van der Waals surface area contributed by atoms with Gasteiger partial charge in [-0.2, -0.15) is 0 Å². The van der Waals surface area contributed by atoms with Gasteiger partial charge < -0.3 is 4.74 Å². The molecule has 0 aromatic carbocycles. The van der Waals surface area contributed by atoms with Crippen LogP contribution in [0.3, 0.4) is 0 Å². The van der Waals surface area contributed by atoms with Crippen LogP contribution in [-0.2, 0) is 14.3 Å². The van der Waals surface area contributed by atoms with E-state index in [1.807, 2.05) is 0 Å². The van der Waals surface area contributed by atoms with Crippen LogP contribution in [-0.4, -0.2) is 49.7 Å². The molecule has 0 spiro atoms. The molecular formula is C4H2CaO3. The largest absolute Gasteiger partial charge is 0.387 e. The molecule has 0 aromatic rings. The SMILES string of the molecule is O=C1C=CC(=O)O1.[Ca]. The van der Waals surface area contributed by atoms with Gasteiger partial charge in [0.15, 0.2) is 0 Å². The summed E-state index contributed by atoms with van der Waals surface area (Å²) in [6, 6.07) is 0. The first-order valence-electron chi connectivity index (χ1n) is 1.73. The van der Waals surface area contributed by atoms with Gasteiger partial charge >= 0.3 is 11.9 Å². The molecule has 1 rings (SSSR count). The van der Waals surface area contributed by atoms with Gasteiger partial charge in [-0.05, 0) is 0 Å². The fraction of sp³-hybridized carbons (Fsp3) is 0.